The van der Waals surface area contributed by atoms with Crippen molar-refractivity contribution in [1.29, 1.82) is 0 Å². The second-order valence-corrected chi connectivity index (χ2v) is 4.91. The van der Waals surface area contributed by atoms with Crippen molar-refractivity contribution in [3.8, 4) is 0 Å². The van der Waals surface area contributed by atoms with Crippen molar-refractivity contribution < 1.29 is 9.53 Å². The minimum Gasteiger partial charge on any atom is -0.469 e. The fourth-order valence-electron chi connectivity index (χ4n) is 1.30. The van der Waals surface area contributed by atoms with E-state index in [1.165, 1.54) is 7.11 Å². The molecular weight excluding hydrogens is 258 g/mol. The highest BCUT2D eigenvalue weighted by Gasteiger charge is 2.25. The number of ether oxygens (including phenoxy) is 1. The van der Waals surface area contributed by atoms with Gasteiger partial charge in [-0.3, -0.25) is 9.78 Å². The van der Waals surface area contributed by atoms with Crippen LogP contribution in [0.25, 0.3) is 0 Å². The Morgan fingerprint density at radius 3 is 2.67 bits per heavy atom. The first-order chi connectivity index (χ1) is 6.95. The van der Waals surface area contributed by atoms with Gasteiger partial charge >= 0.3 is 5.97 Å². The molecule has 0 radical (unpaired) electrons. The van der Waals surface area contributed by atoms with E-state index in [4.69, 9.17) is 0 Å². The Hall–Kier alpha value is -0.900. The van der Waals surface area contributed by atoms with Crippen molar-refractivity contribution in [1.82, 2.24) is 4.98 Å². The molecule has 0 aliphatic carbocycles. The molecule has 0 aliphatic heterocycles. The first-order valence-corrected chi connectivity index (χ1v) is 5.44. The number of hydrogen-bond donors (Lipinski definition) is 0. The summed E-state index contributed by atoms with van der Waals surface area (Å²) < 4.78 is 5.59. The molecule has 0 saturated heterocycles. The molecule has 4 heteroatoms. The summed E-state index contributed by atoms with van der Waals surface area (Å²) in [7, 11) is 1.40. The Morgan fingerprint density at radius 2 is 2.20 bits per heavy atom. The fourth-order valence-corrected chi connectivity index (χ4v) is 1.53. The van der Waals surface area contributed by atoms with Crippen LogP contribution >= 0.6 is 15.9 Å². The van der Waals surface area contributed by atoms with Gasteiger partial charge in [-0.25, -0.2) is 0 Å². The Morgan fingerprint density at radius 1 is 1.53 bits per heavy atom. The zero-order valence-electron chi connectivity index (χ0n) is 9.08. The number of hydrogen-bond acceptors (Lipinski definition) is 3. The predicted molar refractivity (Wildman–Crippen MR) is 61.6 cm³/mol. The van der Waals surface area contributed by atoms with Gasteiger partial charge in [-0.05, 0) is 28.1 Å². The summed E-state index contributed by atoms with van der Waals surface area (Å²) in [5.41, 5.74) is 0.587. The van der Waals surface area contributed by atoms with Crippen molar-refractivity contribution >= 4 is 21.9 Å². The number of pyridine rings is 1. The van der Waals surface area contributed by atoms with Gasteiger partial charge in [-0.2, -0.15) is 0 Å². The molecule has 1 heterocycles. The molecule has 0 amide bonds. The first-order valence-electron chi connectivity index (χ1n) is 4.64. The largest absolute Gasteiger partial charge is 0.469 e. The lowest BCUT2D eigenvalue weighted by atomic mass is 9.85. The van der Waals surface area contributed by atoms with Gasteiger partial charge in [0, 0.05) is 21.8 Å². The average Bonchev–Trinajstić information content (AvgIpc) is 2.17. The number of aromatic nitrogens is 1. The summed E-state index contributed by atoms with van der Waals surface area (Å²) in [4.78, 5) is 15.5. The van der Waals surface area contributed by atoms with Crippen LogP contribution in [0.15, 0.2) is 22.8 Å². The molecule has 0 N–H and O–H groups in total. The first kappa shape index (κ1) is 12.2. The van der Waals surface area contributed by atoms with E-state index in [0.29, 0.717) is 6.42 Å². The number of nitrogens with zero attached hydrogens (tertiary/aromatic N) is 1. The van der Waals surface area contributed by atoms with Crippen LogP contribution in [0.1, 0.15) is 26.0 Å². The van der Waals surface area contributed by atoms with Gasteiger partial charge in [0.05, 0.1) is 13.5 Å². The number of methoxy groups -OCH3 is 1. The van der Waals surface area contributed by atoms with Gasteiger partial charge < -0.3 is 4.74 Å². The van der Waals surface area contributed by atoms with Crippen LogP contribution in [-0.2, 0) is 14.9 Å². The van der Waals surface area contributed by atoms with Crippen LogP contribution in [0, 0.1) is 0 Å². The van der Waals surface area contributed by atoms with Crippen LogP contribution < -0.4 is 0 Å². The van der Waals surface area contributed by atoms with Crippen LogP contribution in [0.3, 0.4) is 0 Å². The molecular formula is C11H14BrNO2. The van der Waals surface area contributed by atoms with Crippen LogP contribution in [-0.4, -0.2) is 18.1 Å². The lowest BCUT2D eigenvalue weighted by Gasteiger charge is -2.22. The molecule has 15 heavy (non-hydrogen) atoms. The van der Waals surface area contributed by atoms with Crippen LogP contribution in [0.2, 0.25) is 0 Å². The van der Waals surface area contributed by atoms with Gasteiger partial charge in [-0.1, -0.05) is 13.8 Å². The molecule has 1 aromatic rings. The SMILES string of the molecule is COC(=O)CC(C)(C)c1ccc(Br)cn1. The third-order valence-electron chi connectivity index (χ3n) is 2.23. The van der Waals surface area contributed by atoms with Gasteiger partial charge in [0.2, 0.25) is 0 Å². The Balaban J connectivity index is 2.85. The van der Waals surface area contributed by atoms with Gasteiger partial charge in [-0.15, -0.1) is 0 Å². The molecule has 0 aromatic carbocycles. The van der Waals surface area contributed by atoms with Crippen molar-refractivity contribution in [2.75, 3.05) is 7.11 Å². The molecule has 0 saturated carbocycles. The van der Waals surface area contributed by atoms with Crippen LogP contribution in [0.4, 0.5) is 0 Å². The second-order valence-electron chi connectivity index (χ2n) is 4.00. The molecule has 0 fully saturated rings. The Kier molecular flexibility index (Phi) is 3.85. The lowest BCUT2D eigenvalue weighted by molar-refractivity contribution is -0.141. The average molecular weight is 272 g/mol. The Labute approximate surface area is 98.0 Å². The van der Waals surface area contributed by atoms with E-state index in [-0.39, 0.29) is 11.4 Å². The highest BCUT2D eigenvalue weighted by molar-refractivity contribution is 9.10. The number of esters is 1. The van der Waals surface area contributed by atoms with E-state index in [1.807, 2.05) is 26.0 Å². The minimum absolute atomic E-state index is 0.218. The predicted octanol–water partition coefficient (Wildman–Crippen LogP) is 2.68. The minimum atomic E-state index is -0.298. The quantitative estimate of drug-likeness (QED) is 0.794. The van der Waals surface area contributed by atoms with Crippen molar-refractivity contribution in [2.45, 2.75) is 25.7 Å². The van der Waals surface area contributed by atoms with E-state index in [1.54, 1.807) is 6.20 Å². The fraction of sp³-hybridized carbons (Fsp3) is 0.455. The maximum absolute atomic E-state index is 11.2. The molecule has 3 nitrogen and oxygen atoms in total. The summed E-state index contributed by atoms with van der Waals surface area (Å²) >= 11 is 3.32. The van der Waals surface area contributed by atoms with Crippen molar-refractivity contribution in [3.63, 3.8) is 0 Å². The van der Waals surface area contributed by atoms with Gasteiger partial charge in [0.25, 0.3) is 0 Å². The zero-order valence-corrected chi connectivity index (χ0v) is 10.7. The highest BCUT2D eigenvalue weighted by atomic mass is 79.9. The van der Waals surface area contributed by atoms with E-state index >= 15 is 0 Å². The standard InChI is InChI=1S/C11H14BrNO2/c1-11(2,6-10(14)15-3)9-5-4-8(12)7-13-9/h4-5,7H,6H2,1-3H3. The van der Waals surface area contributed by atoms with E-state index in [9.17, 15) is 4.79 Å². The van der Waals surface area contributed by atoms with Crippen LogP contribution in [0.5, 0.6) is 0 Å². The lowest BCUT2D eigenvalue weighted by Crippen LogP contribution is -2.23. The molecule has 0 unspecified atom stereocenters. The molecule has 1 rings (SSSR count). The third kappa shape index (κ3) is 3.30. The van der Waals surface area contributed by atoms with E-state index in [0.717, 1.165) is 10.2 Å². The highest BCUT2D eigenvalue weighted by Crippen LogP contribution is 2.26. The molecule has 0 atom stereocenters. The van der Waals surface area contributed by atoms with Crippen molar-refractivity contribution in [3.05, 3.63) is 28.5 Å². The summed E-state index contributed by atoms with van der Waals surface area (Å²) in [5, 5.41) is 0. The van der Waals surface area contributed by atoms with E-state index < -0.39 is 0 Å². The molecule has 0 bridgehead atoms. The molecule has 1 aromatic heterocycles. The van der Waals surface area contributed by atoms with Crippen molar-refractivity contribution in [2.24, 2.45) is 0 Å². The maximum Gasteiger partial charge on any atom is 0.306 e. The topological polar surface area (TPSA) is 39.2 Å². The van der Waals surface area contributed by atoms with Gasteiger partial charge in [0.15, 0.2) is 0 Å². The monoisotopic (exact) mass is 271 g/mol. The summed E-state index contributed by atoms with van der Waals surface area (Å²) in [6.45, 7) is 3.94. The number of rotatable bonds is 3. The summed E-state index contributed by atoms with van der Waals surface area (Å²) in [5.74, 6) is -0.218. The maximum atomic E-state index is 11.2. The normalized spacial score (nSPS) is 11.2. The summed E-state index contributed by atoms with van der Waals surface area (Å²) in [6.07, 6.45) is 2.06. The van der Waals surface area contributed by atoms with Gasteiger partial charge in [0.1, 0.15) is 0 Å². The van der Waals surface area contributed by atoms with E-state index in [2.05, 4.69) is 25.7 Å². The third-order valence-corrected chi connectivity index (χ3v) is 2.70. The molecule has 82 valence electrons. The molecule has 0 spiro atoms. The number of halogens is 1. The second kappa shape index (κ2) is 4.75. The summed E-state index contributed by atoms with van der Waals surface area (Å²) in [6, 6.07) is 3.83. The smallest absolute Gasteiger partial charge is 0.306 e. The molecule has 0 aliphatic rings. The number of carbonyl (C=O) groups excluding carboxylic acids is 1. The number of carbonyl (C=O) groups is 1. The zero-order chi connectivity index (χ0) is 11.5. The Bertz CT molecular complexity index is 346.